The van der Waals surface area contributed by atoms with Gasteiger partial charge in [-0.2, -0.15) is 0 Å². The van der Waals surface area contributed by atoms with Gasteiger partial charge >= 0.3 is 0 Å². The third-order valence-electron chi connectivity index (χ3n) is 4.35. The molecule has 0 radical (unpaired) electrons. The molecular formula is C20H27N3O3S. The van der Waals surface area contributed by atoms with Gasteiger partial charge in [-0.05, 0) is 55.9 Å². The predicted molar refractivity (Wildman–Crippen MR) is 108 cm³/mol. The molecule has 2 rings (SSSR count). The maximum absolute atomic E-state index is 12.6. The molecule has 0 aliphatic rings. The average molecular weight is 390 g/mol. The molecule has 0 unspecified atom stereocenters. The number of nitrogens with zero attached hydrogens (tertiary/aromatic N) is 1. The van der Waals surface area contributed by atoms with Gasteiger partial charge in [-0.15, -0.1) is 0 Å². The van der Waals surface area contributed by atoms with E-state index in [2.05, 4.69) is 29.1 Å². The van der Waals surface area contributed by atoms with Crippen LogP contribution in [0.4, 0.5) is 5.69 Å². The van der Waals surface area contributed by atoms with E-state index in [1.165, 1.54) is 24.6 Å². The smallest absolute Gasteiger partial charge is 0.240 e. The number of rotatable bonds is 8. The zero-order chi connectivity index (χ0) is 20.0. The van der Waals surface area contributed by atoms with Gasteiger partial charge in [0.15, 0.2) is 0 Å². The van der Waals surface area contributed by atoms with Crippen LogP contribution >= 0.6 is 0 Å². The summed E-state index contributed by atoms with van der Waals surface area (Å²) in [5.74, 6) is -0.202. The molecule has 7 heteroatoms. The van der Waals surface area contributed by atoms with Crippen molar-refractivity contribution in [3.63, 3.8) is 0 Å². The summed E-state index contributed by atoms with van der Waals surface area (Å²) < 4.78 is 27.9. The van der Waals surface area contributed by atoms with E-state index in [9.17, 15) is 13.2 Å². The summed E-state index contributed by atoms with van der Waals surface area (Å²) in [5, 5.41) is 2.62. The Kier molecular flexibility index (Phi) is 7.12. The Morgan fingerprint density at radius 2 is 1.63 bits per heavy atom. The van der Waals surface area contributed by atoms with Crippen LogP contribution < -0.4 is 10.0 Å². The highest BCUT2D eigenvalue weighted by Crippen LogP contribution is 2.20. The van der Waals surface area contributed by atoms with Crippen molar-refractivity contribution in [1.82, 2.24) is 9.62 Å². The molecule has 0 saturated heterocycles. The van der Waals surface area contributed by atoms with Gasteiger partial charge in [-0.1, -0.05) is 31.2 Å². The van der Waals surface area contributed by atoms with Gasteiger partial charge in [-0.25, -0.2) is 13.1 Å². The molecule has 0 spiro atoms. The lowest BCUT2D eigenvalue weighted by Crippen LogP contribution is -2.34. The molecule has 2 aromatic rings. The number of nitrogens with one attached hydrogen (secondary N) is 2. The minimum atomic E-state index is -3.64. The van der Waals surface area contributed by atoms with E-state index in [1.54, 1.807) is 12.1 Å². The van der Waals surface area contributed by atoms with Crippen LogP contribution in [0.25, 0.3) is 0 Å². The lowest BCUT2D eigenvalue weighted by molar-refractivity contribution is -0.114. The van der Waals surface area contributed by atoms with Crippen LogP contribution in [0.1, 0.15) is 31.0 Å². The Labute approximate surface area is 161 Å². The number of benzene rings is 2. The number of hydrogen-bond acceptors (Lipinski definition) is 4. The lowest BCUT2D eigenvalue weighted by Gasteiger charge is -2.25. The Morgan fingerprint density at radius 3 is 2.11 bits per heavy atom. The van der Waals surface area contributed by atoms with Crippen molar-refractivity contribution < 1.29 is 13.2 Å². The van der Waals surface area contributed by atoms with E-state index in [-0.39, 0.29) is 23.4 Å². The Morgan fingerprint density at radius 1 is 1.04 bits per heavy atom. The molecule has 0 fully saturated rings. The van der Waals surface area contributed by atoms with Crippen molar-refractivity contribution in [1.29, 1.82) is 0 Å². The molecule has 2 N–H and O–H groups in total. The molecular weight excluding hydrogens is 362 g/mol. The number of likely N-dealkylation sites (N-methyl/N-ethyl adjacent to an activating group) is 1. The van der Waals surface area contributed by atoms with Crippen molar-refractivity contribution in [2.75, 3.05) is 26.0 Å². The standard InChI is InChI=1S/C20H27N3O3S/c1-5-16-6-8-17(9-7-16)20(23(3)4)14-21-27(25,26)19-12-10-18(11-13-19)22-15(2)24/h6-13,20-21H,5,14H2,1-4H3,(H,22,24)/t20-/m0/s1. The molecule has 2 aromatic carbocycles. The van der Waals surface area contributed by atoms with E-state index in [0.29, 0.717) is 5.69 Å². The SMILES string of the molecule is CCc1ccc([C@H](CNS(=O)(=O)c2ccc(NC(C)=O)cc2)N(C)C)cc1. The lowest BCUT2D eigenvalue weighted by atomic mass is 10.0. The fourth-order valence-electron chi connectivity index (χ4n) is 2.77. The second kappa shape index (κ2) is 9.12. The molecule has 27 heavy (non-hydrogen) atoms. The monoisotopic (exact) mass is 389 g/mol. The first-order valence-corrected chi connectivity index (χ1v) is 10.3. The molecule has 0 aliphatic carbocycles. The van der Waals surface area contributed by atoms with Crippen LogP contribution in [0.15, 0.2) is 53.4 Å². The second-order valence-electron chi connectivity index (χ2n) is 6.63. The zero-order valence-electron chi connectivity index (χ0n) is 16.2. The van der Waals surface area contributed by atoms with Gasteiger partial charge < -0.3 is 10.2 Å². The molecule has 1 atom stereocenters. The fraction of sp³-hybridized carbons (Fsp3) is 0.350. The molecule has 146 valence electrons. The topological polar surface area (TPSA) is 78.5 Å². The summed E-state index contributed by atoms with van der Waals surface area (Å²) in [6.07, 6.45) is 0.966. The van der Waals surface area contributed by atoms with E-state index in [1.807, 2.05) is 31.1 Å². The van der Waals surface area contributed by atoms with Gasteiger partial charge in [0, 0.05) is 25.2 Å². The maximum Gasteiger partial charge on any atom is 0.240 e. The minimum absolute atomic E-state index is 0.0793. The summed E-state index contributed by atoms with van der Waals surface area (Å²) in [7, 11) is 0.207. The third-order valence-corrected chi connectivity index (χ3v) is 5.79. The van der Waals surface area contributed by atoms with E-state index in [4.69, 9.17) is 0 Å². The van der Waals surface area contributed by atoms with Crippen molar-refractivity contribution in [2.45, 2.75) is 31.2 Å². The Hall–Kier alpha value is -2.22. The van der Waals surface area contributed by atoms with Crippen molar-refractivity contribution in [3.05, 3.63) is 59.7 Å². The summed E-state index contributed by atoms with van der Waals surface area (Å²) in [4.78, 5) is 13.2. The molecule has 1 amide bonds. The number of carbonyl (C=O) groups is 1. The van der Waals surface area contributed by atoms with Crippen LogP contribution in [0.3, 0.4) is 0 Å². The van der Waals surface area contributed by atoms with Crippen molar-refractivity contribution >= 4 is 21.6 Å². The molecule has 0 aliphatic heterocycles. The normalized spacial score (nSPS) is 12.8. The zero-order valence-corrected chi connectivity index (χ0v) is 17.0. The third kappa shape index (κ3) is 5.89. The van der Waals surface area contributed by atoms with Crippen LogP contribution in [-0.4, -0.2) is 39.9 Å². The average Bonchev–Trinajstić information content (AvgIpc) is 2.62. The Balaban J connectivity index is 2.11. The largest absolute Gasteiger partial charge is 0.326 e. The predicted octanol–water partition coefficient (Wildman–Crippen LogP) is 2.79. The van der Waals surface area contributed by atoms with E-state index in [0.717, 1.165) is 12.0 Å². The van der Waals surface area contributed by atoms with Crippen molar-refractivity contribution in [2.24, 2.45) is 0 Å². The summed E-state index contributed by atoms with van der Waals surface area (Å²) in [5.41, 5.74) is 2.86. The first kappa shape index (κ1) is 21.1. The fourth-order valence-corrected chi connectivity index (χ4v) is 3.81. The van der Waals surface area contributed by atoms with Crippen molar-refractivity contribution in [3.8, 4) is 0 Å². The first-order valence-electron chi connectivity index (χ1n) is 8.85. The van der Waals surface area contributed by atoms with Crippen LogP contribution in [0.5, 0.6) is 0 Å². The highest BCUT2D eigenvalue weighted by atomic mass is 32.2. The molecule has 0 aromatic heterocycles. The van der Waals surface area contributed by atoms with Crippen LogP contribution in [-0.2, 0) is 21.2 Å². The van der Waals surface area contributed by atoms with Gasteiger partial charge in [0.1, 0.15) is 0 Å². The molecule has 0 bridgehead atoms. The highest BCUT2D eigenvalue weighted by Gasteiger charge is 2.19. The molecule has 0 saturated carbocycles. The second-order valence-corrected chi connectivity index (χ2v) is 8.40. The number of amides is 1. The highest BCUT2D eigenvalue weighted by molar-refractivity contribution is 7.89. The number of hydrogen-bond donors (Lipinski definition) is 2. The number of sulfonamides is 1. The van der Waals surface area contributed by atoms with Gasteiger partial charge in [-0.3, -0.25) is 4.79 Å². The molecule has 0 heterocycles. The number of aryl methyl sites for hydroxylation is 1. The van der Waals surface area contributed by atoms with Gasteiger partial charge in [0.25, 0.3) is 0 Å². The van der Waals surface area contributed by atoms with E-state index >= 15 is 0 Å². The summed E-state index contributed by atoms with van der Waals surface area (Å²) >= 11 is 0. The minimum Gasteiger partial charge on any atom is -0.326 e. The summed E-state index contributed by atoms with van der Waals surface area (Å²) in [6, 6.07) is 14.3. The number of anilines is 1. The van der Waals surface area contributed by atoms with E-state index < -0.39 is 10.0 Å². The van der Waals surface area contributed by atoms with Crippen LogP contribution in [0.2, 0.25) is 0 Å². The quantitative estimate of drug-likeness (QED) is 0.728. The number of carbonyl (C=O) groups excluding carboxylic acids is 1. The first-order chi connectivity index (χ1) is 12.7. The maximum atomic E-state index is 12.6. The van der Waals surface area contributed by atoms with Crippen LogP contribution in [0, 0.1) is 0 Å². The summed E-state index contributed by atoms with van der Waals surface area (Å²) in [6.45, 7) is 3.76. The Bertz CT molecular complexity index is 860. The van der Waals surface area contributed by atoms with Gasteiger partial charge in [0.05, 0.1) is 4.90 Å². The van der Waals surface area contributed by atoms with Gasteiger partial charge in [0.2, 0.25) is 15.9 Å². The molecule has 6 nitrogen and oxygen atoms in total.